The summed E-state index contributed by atoms with van der Waals surface area (Å²) in [5.41, 5.74) is 1.09. The summed E-state index contributed by atoms with van der Waals surface area (Å²) in [7, 11) is 0. The van der Waals surface area contributed by atoms with Gasteiger partial charge in [-0.1, -0.05) is 37.3 Å². The number of aliphatic hydroxyl groups is 2. The van der Waals surface area contributed by atoms with Gasteiger partial charge in [-0.3, -0.25) is 0 Å². The molecular weight excluding hydrogens is 204 g/mol. The third-order valence-electron chi connectivity index (χ3n) is 2.70. The van der Waals surface area contributed by atoms with E-state index >= 15 is 0 Å². The molecule has 0 aromatic heterocycles. The third-order valence-corrected chi connectivity index (χ3v) is 2.70. The summed E-state index contributed by atoms with van der Waals surface area (Å²) in [4.78, 5) is 0. The first-order chi connectivity index (χ1) is 7.77. The predicted molar refractivity (Wildman–Crippen MR) is 63.0 cm³/mol. The Bertz CT molecular complexity index is 270. The topological polar surface area (TPSA) is 49.7 Å². The van der Waals surface area contributed by atoms with Gasteiger partial charge in [0.1, 0.15) is 0 Å². The van der Waals surface area contributed by atoms with Crippen LogP contribution in [0.15, 0.2) is 30.3 Å². The van der Waals surface area contributed by atoms with Crippen molar-refractivity contribution in [1.82, 2.24) is 0 Å². The molecule has 1 aromatic carbocycles. The smallest absolute Gasteiger partial charge is 0.0823 e. The van der Waals surface area contributed by atoms with Gasteiger partial charge in [-0.25, -0.2) is 0 Å². The summed E-state index contributed by atoms with van der Waals surface area (Å²) in [5, 5.41) is 18.7. The van der Waals surface area contributed by atoms with E-state index in [2.05, 4.69) is 0 Å². The Balaban J connectivity index is 2.25. The molecule has 2 atom stereocenters. The lowest BCUT2D eigenvalue weighted by Crippen LogP contribution is -2.27. The zero-order valence-electron chi connectivity index (χ0n) is 9.67. The lowest BCUT2D eigenvalue weighted by Gasteiger charge is -2.19. The fraction of sp³-hybridized carbons (Fsp3) is 0.538. The van der Waals surface area contributed by atoms with Gasteiger partial charge >= 0.3 is 0 Å². The van der Waals surface area contributed by atoms with Gasteiger partial charge in [0.05, 0.1) is 19.3 Å². The minimum atomic E-state index is -0.585. The largest absolute Gasteiger partial charge is 0.396 e. The molecule has 0 saturated carbocycles. The summed E-state index contributed by atoms with van der Waals surface area (Å²) in [5.74, 6) is -0.0872. The van der Waals surface area contributed by atoms with E-state index in [1.807, 2.05) is 37.3 Å². The zero-order valence-corrected chi connectivity index (χ0v) is 9.67. The molecule has 0 aliphatic rings. The van der Waals surface area contributed by atoms with Gasteiger partial charge in [0, 0.05) is 12.5 Å². The molecule has 16 heavy (non-hydrogen) atoms. The summed E-state index contributed by atoms with van der Waals surface area (Å²) in [6.07, 6.45) is 0.172. The SMILES string of the molecule is CC[C@@H](CO)[C@@H](O)COCc1ccccc1. The molecule has 3 heteroatoms. The van der Waals surface area contributed by atoms with Crippen LogP contribution in [-0.2, 0) is 11.3 Å². The first-order valence-electron chi connectivity index (χ1n) is 5.68. The molecule has 0 unspecified atom stereocenters. The Kier molecular flexibility index (Phi) is 6.08. The van der Waals surface area contributed by atoms with Gasteiger partial charge in [0.15, 0.2) is 0 Å². The third kappa shape index (κ3) is 4.31. The Morgan fingerprint density at radius 2 is 1.94 bits per heavy atom. The summed E-state index contributed by atoms with van der Waals surface area (Å²) < 4.78 is 5.40. The maximum Gasteiger partial charge on any atom is 0.0823 e. The molecule has 0 saturated heterocycles. The average Bonchev–Trinajstić information content (AvgIpc) is 2.32. The molecule has 0 bridgehead atoms. The van der Waals surface area contributed by atoms with Crippen LogP contribution in [0.3, 0.4) is 0 Å². The van der Waals surface area contributed by atoms with Gasteiger partial charge in [0.25, 0.3) is 0 Å². The molecule has 0 amide bonds. The maximum atomic E-state index is 9.70. The van der Waals surface area contributed by atoms with Crippen LogP contribution in [0.2, 0.25) is 0 Å². The fourth-order valence-corrected chi connectivity index (χ4v) is 1.53. The number of hydrogen-bond donors (Lipinski definition) is 2. The highest BCUT2D eigenvalue weighted by Crippen LogP contribution is 2.09. The molecule has 0 radical (unpaired) electrons. The quantitative estimate of drug-likeness (QED) is 0.739. The first kappa shape index (κ1) is 13.2. The Morgan fingerprint density at radius 3 is 2.50 bits per heavy atom. The Morgan fingerprint density at radius 1 is 1.25 bits per heavy atom. The van der Waals surface area contributed by atoms with Gasteiger partial charge < -0.3 is 14.9 Å². The van der Waals surface area contributed by atoms with Gasteiger partial charge in [-0.15, -0.1) is 0 Å². The van der Waals surface area contributed by atoms with Crippen molar-refractivity contribution in [1.29, 1.82) is 0 Å². The van der Waals surface area contributed by atoms with Crippen LogP contribution < -0.4 is 0 Å². The molecule has 1 aromatic rings. The minimum absolute atomic E-state index is 0.00631. The fourth-order valence-electron chi connectivity index (χ4n) is 1.53. The van der Waals surface area contributed by atoms with Crippen LogP contribution in [0.25, 0.3) is 0 Å². The van der Waals surface area contributed by atoms with Gasteiger partial charge in [-0.2, -0.15) is 0 Å². The lowest BCUT2D eigenvalue weighted by molar-refractivity contribution is -0.0171. The molecule has 0 fully saturated rings. The normalized spacial score (nSPS) is 14.7. The van der Waals surface area contributed by atoms with Crippen molar-refractivity contribution in [3.63, 3.8) is 0 Å². The van der Waals surface area contributed by atoms with Crippen molar-refractivity contribution >= 4 is 0 Å². The van der Waals surface area contributed by atoms with Crippen LogP contribution in [0.4, 0.5) is 0 Å². The van der Waals surface area contributed by atoms with E-state index in [-0.39, 0.29) is 19.1 Å². The van der Waals surface area contributed by atoms with E-state index in [1.165, 1.54) is 0 Å². The van der Waals surface area contributed by atoms with Crippen molar-refractivity contribution in [2.45, 2.75) is 26.1 Å². The van der Waals surface area contributed by atoms with Gasteiger partial charge in [-0.05, 0) is 12.0 Å². The summed E-state index contributed by atoms with van der Waals surface area (Å²) >= 11 is 0. The average molecular weight is 224 g/mol. The second-order valence-electron chi connectivity index (χ2n) is 3.92. The Hall–Kier alpha value is -0.900. The number of hydrogen-bond acceptors (Lipinski definition) is 3. The highest BCUT2D eigenvalue weighted by Gasteiger charge is 2.16. The van der Waals surface area contributed by atoms with E-state index < -0.39 is 6.10 Å². The van der Waals surface area contributed by atoms with E-state index in [0.717, 1.165) is 12.0 Å². The molecule has 0 aliphatic heterocycles. The molecule has 90 valence electrons. The molecular formula is C13H20O3. The number of ether oxygens (including phenoxy) is 1. The van der Waals surface area contributed by atoms with Crippen LogP contribution in [0, 0.1) is 5.92 Å². The minimum Gasteiger partial charge on any atom is -0.396 e. The van der Waals surface area contributed by atoms with Crippen molar-refractivity contribution in [2.24, 2.45) is 5.92 Å². The van der Waals surface area contributed by atoms with E-state index in [9.17, 15) is 5.11 Å². The van der Waals surface area contributed by atoms with Crippen molar-refractivity contribution in [3.05, 3.63) is 35.9 Å². The van der Waals surface area contributed by atoms with Crippen molar-refractivity contribution in [2.75, 3.05) is 13.2 Å². The molecule has 0 spiro atoms. The Labute approximate surface area is 96.7 Å². The molecule has 1 rings (SSSR count). The van der Waals surface area contributed by atoms with E-state index in [0.29, 0.717) is 6.61 Å². The summed E-state index contributed by atoms with van der Waals surface area (Å²) in [6, 6.07) is 9.83. The summed E-state index contributed by atoms with van der Waals surface area (Å²) in [6.45, 7) is 2.72. The molecule has 2 N–H and O–H groups in total. The number of aliphatic hydroxyl groups excluding tert-OH is 2. The maximum absolute atomic E-state index is 9.70. The van der Waals surface area contributed by atoms with Crippen LogP contribution in [0.5, 0.6) is 0 Å². The van der Waals surface area contributed by atoms with Crippen LogP contribution in [-0.4, -0.2) is 29.5 Å². The highest BCUT2D eigenvalue weighted by atomic mass is 16.5. The number of benzene rings is 1. The number of rotatable bonds is 7. The highest BCUT2D eigenvalue weighted by molar-refractivity contribution is 5.13. The van der Waals surface area contributed by atoms with Crippen LogP contribution in [0.1, 0.15) is 18.9 Å². The standard InChI is InChI=1S/C13H20O3/c1-2-12(8-14)13(15)10-16-9-11-6-4-3-5-7-11/h3-7,12-15H,2,8-10H2,1H3/t12-,13-/m0/s1. The first-order valence-corrected chi connectivity index (χ1v) is 5.68. The molecule has 0 heterocycles. The molecule has 0 aliphatic carbocycles. The predicted octanol–water partition coefficient (Wildman–Crippen LogP) is 1.58. The zero-order chi connectivity index (χ0) is 11.8. The van der Waals surface area contributed by atoms with Crippen molar-refractivity contribution < 1.29 is 14.9 Å². The molecule has 3 nitrogen and oxygen atoms in total. The van der Waals surface area contributed by atoms with Gasteiger partial charge in [0.2, 0.25) is 0 Å². The monoisotopic (exact) mass is 224 g/mol. The second-order valence-corrected chi connectivity index (χ2v) is 3.92. The van der Waals surface area contributed by atoms with Crippen LogP contribution >= 0.6 is 0 Å². The lowest BCUT2D eigenvalue weighted by atomic mass is 10.0. The van der Waals surface area contributed by atoms with E-state index in [1.54, 1.807) is 0 Å². The van der Waals surface area contributed by atoms with Crippen molar-refractivity contribution in [3.8, 4) is 0 Å². The second kappa shape index (κ2) is 7.39. The van der Waals surface area contributed by atoms with E-state index in [4.69, 9.17) is 9.84 Å².